The van der Waals surface area contributed by atoms with E-state index in [1.54, 1.807) is 0 Å². The molecule has 0 aromatic rings. The van der Waals surface area contributed by atoms with Crippen LogP contribution in [0.2, 0.25) is 0 Å². The average Bonchev–Trinajstić information content (AvgIpc) is 1.86. The van der Waals surface area contributed by atoms with Gasteiger partial charge in [-0.15, -0.1) is 0 Å². The molecule has 0 rings (SSSR count). The van der Waals surface area contributed by atoms with Crippen molar-refractivity contribution in [2.45, 2.75) is 6.92 Å². The van der Waals surface area contributed by atoms with E-state index >= 15 is 0 Å². The topological polar surface area (TPSA) is 91.7 Å². The van der Waals surface area contributed by atoms with E-state index in [9.17, 15) is 13.2 Å². The van der Waals surface area contributed by atoms with E-state index in [1.807, 2.05) is 0 Å². The first-order chi connectivity index (χ1) is 5.59. The first-order valence-electron chi connectivity index (χ1n) is 2.79. The Kier molecular flexibility index (Phi) is 6.47. The molecule has 0 aliphatic heterocycles. The van der Waals surface area contributed by atoms with Crippen LogP contribution in [-0.2, 0) is 14.9 Å². The molecule has 0 heterocycles. The normalized spacial score (nSPS) is 9.46. The Bertz CT molecular complexity index is 304. The molecule has 0 aromatic carbocycles. The molecule has 76 valence electrons. The molecule has 7 heteroatoms. The highest BCUT2D eigenvalue weighted by Crippen LogP contribution is 2.03. The van der Waals surface area contributed by atoms with Crippen LogP contribution in [0.15, 0.2) is 23.1 Å². The van der Waals surface area contributed by atoms with E-state index in [0.29, 0.717) is 0 Å². The van der Waals surface area contributed by atoms with Gasteiger partial charge in [-0.1, -0.05) is 24.8 Å². The minimum Gasteiger partial charge on any atom is -0.478 e. The highest BCUT2D eigenvalue weighted by Gasteiger charge is 2.04. The Morgan fingerprint density at radius 3 is 1.54 bits per heavy atom. The van der Waals surface area contributed by atoms with Crippen molar-refractivity contribution >= 4 is 27.7 Å². The molecule has 0 unspecified atom stereocenters. The molecule has 0 aliphatic rings. The van der Waals surface area contributed by atoms with Gasteiger partial charge in [-0.25, -0.2) is 4.79 Å². The third kappa shape index (κ3) is 11.1. The summed E-state index contributed by atoms with van der Waals surface area (Å²) in [5, 5.41) is 7.89. The monoisotopic (exact) mass is 228 g/mol. The molecule has 0 amide bonds. The van der Waals surface area contributed by atoms with Crippen molar-refractivity contribution < 1.29 is 22.9 Å². The van der Waals surface area contributed by atoms with Crippen LogP contribution in [0.5, 0.6) is 0 Å². The lowest BCUT2D eigenvalue weighted by Crippen LogP contribution is -1.93. The maximum absolute atomic E-state index is 9.66. The fourth-order valence-electron chi connectivity index (χ4n) is 0. The van der Waals surface area contributed by atoms with Crippen LogP contribution in [0.3, 0.4) is 0 Å². The van der Waals surface area contributed by atoms with Gasteiger partial charge >= 0.3 is 16.1 Å². The zero-order chi connectivity index (χ0) is 11.2. The van der Waals surface area contributed by atoms with Gasteiger partial charge in [-0.3, -0.25) is 4.55 Å². The first kappa shape index (κ1) is 14.7. The van der Waals surface area contributed by atoms with Crippen LogP contribution in [0.25, 0.3) is 0 Å². The second-order valence-electron chi connectivity index (χ2n) is 1.92. The second-order valence-corrected chi connectivity index (χ2v) is 4.04. The van der Waals surface area contributed by atoms with Gasteiger partial charge in [0.25, 0.3) is 0 Å². The molecule has 5 nitrogen and oxygen atoms in total. The zero-order valence-electron chi connectivity index (χ0n) is 6.82. The number of halogens is 1. The summed E-state index contributed by atoms with van der Waals surface area (Å²) in [4.78, 5) is 9.60. The Labute approximate surface area is 81.1 Å². The largest absolute Gasteiger partial charge is 0.478 e. The zero-order valence-corrected chi connectivity index (χ0v) is 8.39. The molecule has 0 aromatic heterocycles. The lowest BCUT2D eigenvalue weighted by Gasteiger charge is -1.83. The van der Waals surface area contributed by atoms with E-state index < -0.39 is 20.5 Å². The Balaban J connectivity index is 0. The van der Waals surface area contributed by atoms with Crippen molar-refractivity contribution in [2.75, 3.05) is 0 Å². The molecule has 0 fully saturated rings. The molecular weight excluding hydrogens is 220 g/mol. The number of carboxylic acids is 1. The molecule has 13 heavy (non-hydrogen) atoms. The Morgan fingerprint density at radius 2 is 1.54 bits per heavy atom. The van der Waals surface area contributed by atoms with Crippen molar-refractivity contribution in [3.05, 3.63) is 23.1 Å². The molecule has 0 saturated heterocycles. The van der Waals surface area contributed by atoms with Gasteiger partial charge in [-0.2, -0.15) is 8.42 Å². The second kappa shape index (κ2) is 5.74. The van der Waals surface area contributed by atoms with Crippen LogP contribution in [0.1, 0.15) is 6.92 Å². The van der Waals surface area contributed by atoms with E-state index in [-0.39, 0.29) is 5.57 Å². The summed E-state index contributed by atoms with van der Waals surface area (Å²) in [6.45, 7) is 7.36. The maximum atomic E-state index is 9.66. The van der Waals surface area contributed by atoms with Crippen molar-refractivity contribution in [1.82, 2.24) is 0 Å². The smallest absolute Gasteiger partial charge is 0.330 e. The number of hydrogen-bond acceptors (Lipinski definition) is 3. The van der Waals surface area contributed by atoms with E-state index in [1.165, 1.54) is 6.92 Å². The van der Waals surface area contributed by atoms with Gasteiger partial charge in [-0.05, 0) is 6.92 Å². The molecule has 2 N–H and O–H groups in total. The van der Waals surface area contributed by atoms with E-state index in [2.05, 4.69) is 13.2 Å². The number of carboxylic acid groups (broad SMARTS) is 1. The van der Waals surface area contributed by atoms with Gasteiger partial charge in [0.1, 0.15) is 0 Å². The van der Waals surface area contributed by atoms with E-state index in [0.717, 1.165) is 0 Å². The summed E-state index contributed by atoms with van der Waals surface area (Å²) in [5.74, 6) is -0.935. The maximum Gasteiger partial charge on any atom is 0.330 e. The van der Waals surface area contributed by atoms with Gasteiger partial charge in [0.15, 0.2) is 4.36 Å². The number of carbonyl (C=O) groups is 1. The Morgan fingerprint density at radius 1 is 1.38 bits per heavy atom. The predicted molar refractivity (Wildman–Crippen MR) is 49.0 cm³/mol. The number of rotatable bonds is 2. The molecular formula is C6H9ClO5S. The Hall–Kier alpha value is -0.850. The molecule has 0 saturated carbocycles. The van der Waals surface area contributed by atoms with Gasteiger partial charge in [0.05, 0.1) is 0 Å². The average molecular weight is 229 g/mol. The highest BCUT2D eigenvalue weighted by atomic mass is 35.5. The van der Waals surface area contributed by atoms with Gasteiger partial charge in [0.2, 0.25) is 0 Å². The minimum absolute atomic E-state index is 0.176. The highest BCUT2D eigenvalue weighted by molar-refractivity contribution is 7.91. The summed E-state index contributed by atoms with van der Waals surface area (Å²) in [7, 11) is -4.17. The molecule has 0 atom stereocenters. The van der Waals surface area contributed by atoms with Crippen LogP contribution in [0, 0.1) is 0 Å². The quantitative estimate of drug-likeness (QED) is 0.548. The minimum atomic E-state index is -4.17. The standard InChI is InChI=1S/C4H6O2.C2H3ClO3S/c1-3(2)4(5)6;1-2(3)7(4,5)6/h1H2,2H3,(H,5,6);1H2,(H,4,5,6). The fourth-order valence-corrected chi connectivity index (χ4v) is 0. The molecule has 0 bridgehead atoms. The summed E-state index contributed by atoms with van der Waals surface area (Å²) >= 11 is 4.72. The van der Waals surface area contributed by atoms with Crippen molar-refractivity contribution in [3.8, 4) is 0 Å². The van der Waals surface area contributed by atoms with Crippen LogP contribution >= 0.6 is 11.6 Å². The van der Waals surface area contributed by atoms with Crippen molar-refractivity contribution in [2.24, 2.45) is 0 Å². The number of hydrogen-bond donors (Lipinski definition) is 2. The van der Waals surface area contributed by atoms with Crippen molar-refractivity contribution in [3.63, 3.8) is 0 Å². The number of aliphatic carboxylic acids is 1. The molecule has 0 radical (unpaired) electrons. The third-order valence-electron chi connectivity index (χ3n) is 0.645. The first-order valence-corrected chi connectivity index (χ1v) is 4.61. The predicted octanol–water partition coefficient (Wildman–Crippen LogP) is 1.23. The van der Waals surface area contributed by atoms with Crippen molar-refractivity contribution in [1.29, 1.82) is 0 Å². The summed E-state index contributed by atoms with van der Waals surface area (Å²) in [6, 6.07) is 0. The molecule has 0 spiro atoms. The van der Waals surface area contributed by atoms with Crippen LogP contribution in [-0.4, -0.2) is 24.0 Å². The molecule has 0 aliphatic carbocycles. The third-order valence-corrected chi connectivity index (χ3v) is 1.79. The summed E-state index contributed by atoms with van der Waals surface area (Å²) < 4.78 is 26.4. The lowest BCUT2D eigenvalue weighted by atomic mass is 10.4. The van der Waals surface area contributed by atoms with Crippen LogP contribution in [0.4, 0.5) is 0 Å². The lowest BCUT2D eigenvalue weighted by molar-refractivity contribution is -0.132. The summed E-state index contributed by atoms with van der Waals surface area (Å²) in [6.07, 6.45) is 0. The SMILES string of the molecule is C=C(C)C(=O)O.C=C(Cl)S(=O)(=O)O. The van der Waals surface area contributed by atoms with E-state index in [4.69, 9.17) is 21.3 Å². The van der Waals surface area contributed by atoms with Crippen LogP contribution < -0.4 is 0 Å². The summed E-state index contributed by atoms with van der Waals surface area (Å²) in [5.41, 5.74) is 0.176. The van der Waals surface area contributed by atoms with Gasteiger partial charge < -0.3 is 5.11 Å². The van der Waals surface area contributed by atoms with Gasteiger partial charge in [0, 0.05) is 5.57 Å². The fraction of sp³-hybridized carbons (Fsp3) is 0.167.